The second-order valence-corrected chi connectivity index (χ2v) is 6.51. The highest BCUT2D eigenvalue weighted by Gasteiger charge is 2.51. The van der Waals surface area contributed by atoms with E-state index in [1.54, 1.807) is 0 Å². The van der Waals surface area contributed by atoms with Crippen LogP contribution in [0, 0.1) is 0 Å². The Morgan fingerprint density at radius 1 is 1.20 bits per heavy atom. The Kier molecular flexibility index (Phi) is 5.57. The molecule has 0 saturated carbocycles. The predicted molar refractivity (Wildman–Crippen MR) is 92.8 cm³/mol. The van der Waals surface area contributed by atoms with Crippen LogP contribution < -0.4 is 0 Å². The first-order chi connectivity index (χ1) is 12.1. The fraction of sp³-hybridized carbons (Fsp3) is 0.550. The third kappa shape index (κ3) is 3.78. The molecular weight excluding hydrogens is 320 g/mol. The van der Waals surface area contributed by atoms with Crippen molar-refractivity contribution in [2.45, 2.75) is 63.8 Å². The molecule has 1 aromatic carbocycles. The van der Waals surface area contributed by atoms with Gasteiger partial charge in [-0.05, 0) is 24.5 Å². The summed E-state index contributed by atoms with van der Waals surface area (Å²) < 4.78 is 23.5. The highest BCUT2D eigenvalue weighted by molar-refractivity contribution is 5.88. The van der Waals surface area contributed by atoms with Gasteiger partial charge in [0.25, 0.3) is 0 Å². The summed E-state index contributed by atoms with van der Waals surface area (Å²) in [5.74, 6) is -0.927. The molecule has 1 aliphatic carbocycles. The summed E-state index contributed by atoms with van der Waals surface area (Å²) in [5, 5.41) is 0. The van der Waals surface area contributed by atoms with Gasteiger partial charge in [0.2, 0.25) is 0 Å². The molecule has 1 aliphatic heterocycles. The Bertz CT molecular complexity index is 620. The Hall–Kier alpha value is -1.69. The van der Waals surface area contributed by atoms with E-state index in [2.05, 4.69) is 13.8 Å². The van der Waals surface area contributed by atoms with Gasteiger partial charge in [0.15, 0.2) is 5.79 Å². The van der Waals surface area contributed by atoms with E-state index in [0.29, 0.717) is 18.6 Å². The minimum Gasteiger partial charge on any atom is -0.466 e. The number of carbonyl (C=O) groups is 1. The van der Waals surface area contributed by atoms with Crippen molar-refractivity contribution in [1.29, 1.82) is 0 Å². The average Bonchev–Trinajstić information content (AvgIpc) is 3.05. The molecular formula is C20H26O5. The van der Waals surface area contributed by atoms with E-state index in [9.17, 15) is 4.79 Å². The lowest BCUT2D eigenvalue weighted by molar-refractivity contribution is -0.186. The number of esters is 1. The summed E-state index contributed by atoms with van der Waals surface area (Å²) in [4.78, 5) is 12.0. The Balaban J connectivity index is 1.79. The molecule has 0 aromatic heterocycles. The zero-order valence-corrected chi connectivity index (χ0v) is 15.1. The summed E-state index contributed by atoms with van der Waals surface area (Å²) in [6.45, 7) is 4.55. The molecule has 0 bridgehead atoms. The first kappa shape index (κ1) is 18.1. The minimum absolute atomic E-state index is 0.195. The van der Waals surface area contributed by atoms with Gasteiger partial charge in [0, 0.05) is 12.0 Å². The predicted octanol–water partition coefficient (Wildman–Crippen LogP) is 3.38. The molecule has 2 aliphatic rings. The van der Waals surface area contributed by atoms with Crippen LogP contribution in [0.5, 0.6) is 0 Å². The maximum Gasteiger partial charge on any atom is 0.333 e. The lowest BCUT2D eigenvalue weighted by atomic mass is 9.92. The topological polar surface area (TPSA) is 54.0 Å². The molecule has 1 heterocycles. The van der Waals surface area contributed by atoms with E-state index in [0.717, 1.165) is 18.4 Å². The van der Waals surface area contributed by atoms with E-state index < -0.39 is 5.79 Å². The second kappa shape index (κ2) is 7.68. The lowest BCUT2D eigenvalue weighted by Crippen LogP contribution is -2.40. The minimum atomic E-state index is -0.594. The number of ether oxygens (including phenoxy) is 4. The molecule has 0 N–H and O–H groups in total. The molecule has 5 nitrogen and oxygen atoms in total. The third-order valence-electron chi connectivity index (χ3n) is 5.00. The second-order valence-electron chi connectivity index (χ2n) is 6.51. The number of rotatable bonds is 6. The Morgan fingerprint density at radius 3 is 2.56 bits per heavy atom. The molecule has 5 heteroatoms. The number of hydrogen-bond acceptors (Lipinski definition) is 5. The zero-order chi connectivity index (χ0) is 17.9. The van der Waals surface area contributed by atoms with Crippen molar-refractivity contribution >= 4 is 5.97 Å². The monoisotopic (exact) mass is 346 g/mol. The molecule has 25 heavy (non-hydrogen) atoms. The maximum absolute atomic E-state index is 12.0. The third-order valence-corrected chi connectivity index (χ3v) is 5.00. The Morgan fingerprint density at radius 2 is 1.92 bits per heavy atom. The van der Waals surface area contributed by atoms with E-state index in [-0.39, 0.29) is 24.3 Å². The highest BCUT2D eigenvalue weighted by Crippen LogP contribution is 2.41. The van der Waals surface area contributed by atoms with Crippen molar-refractivity contribution in [3.63, 3.8) is 0 Å². The molecule has 0 unspecified atom stereocenters. The van der Waals surface area contributed by atoms with Crippen LogP contribution in [-0.2, 0) is 30.3 Å². The molecule has 3 atom stereocenters. The van der Waals surface area contributed by atoms with Crippen LogP contribution in [0.4, 0.5) is 0 Å². The van der Waals surface area contributed by atoms with Crippen molar-refractivity contribution in [1.82, 2.24) is 0 Å². The van der Waals surface area contributed by atoms with E-state index in [1.165, 1.54) is 7.11 Å². The average molecular weight is 346 g/mol. The van der Waals surface area contributed by atoms with Crippen LogP contribution in [0.25, 0.3) is 0 Å². The summed E-state index contributed by atoms with van der Waals surface area (Å²) in [6.07, 6.45) is 3.10. The van der Waals surface area contributed by atoms with Gasteiger partial charge < -0.3 is 18.9 Å². The summed E-state index contributed by atoms with van der Waals surface area (Å²) in [6, 6.07) is 9.96. The largest absolute Gasteiger partial charge is 0.466 e. The normalized spacial score (nSPS) is 27.5. The number of fused-ring (bicyclic) bond motifs is 1. The van der Waals surface area contributed by atoms with Crippen LogP contribution in [-0.4, -0.2) is 37.2 Å². The van der Waals surface area contributed by atoms with Gasteiger partial charge in [-0.15, -0.1) is 0 Å². The highest BCUT2D eigenvalue weighted by atomic mass is 16.8. The molecule has 0 amide bonds. The first-order valence-electron chi connectivity index (χ1n) is 8.91. The number of methoxy groups -OCH3 is 1. The summed E-state index contributed by atoms with van der Waals surface area (Å²) in [7, 11) is 1.39. The maximum atomic E-state index is 12.0. The fourth-order valence-electron chi connectivity index (χ4n) is 3.48. The van der Waals surface area contributed by atoms with E-state index >= 15 is 0 Å². The van der Waals surface area contributed by atoms with Crippen LogP contribution >= 0.6 is 0 Å². The number of hydrogen-bond donors (Lipinski definition) is 0. The number of carbonyl (C=O) groups excluding carboxylic acids is 1. The molecule has 1 fully saturated rings. The van der Waals surface area contributed by atoms with Crippen molar-refractivity contribution < 1.29 is 23.7 Å². The van der Waals surface area contributed by atoms with Gasteiger partial charge in [-0.1, -0.05) is 44.2 Å². The van der Waals surface area contributed by atoms with Crippen molar-refractivity contribution in [2.75, 3.05) is 7.11 Å². The van der Waals surface area contributed by atoms with Crippen molar-refractivity contribution in [2.24, 2.45) is 0 Å². The van der Waals surface area contributed by atoms with Crippen molar-refractivity contribution in [3.8, 4) is 0 Å². The smallest absolute Gasteiger partial charge is 0.333 e. The van der Waals surface area contributed by atoms with E-state index in [1.807, 2.05) is 36.4 Å². The van der Waals surface area contributed by atoms with Gasteiger partial charge in [0.05, 0.1) is 19.8 Å². The SMILES string of the molecule is CCC1(CC)O[C@H]2[C@@H](OCc3ccccc3)C=C(C(=O)OC)C[C@H]2O1. The number of benzene rings is 1. The zero-order valence-electron chi connectivity index (χ0n) is 15.1. The van der Waals surface area contributed by atoms with E-state index in [4.69, 9.17) is 18.9 Å². The molecule has 3 rings (SSSR count). The quantitative estimate of drug-likeness (QED) is 0.739. The fourth-order valence-corrected chi connectivity index (χ4v) is 3.48. The van der Waals surface area contributed by atoms with Gasteiger partial charge in [-0.3, -0.25) is 0 Å². The summed E-state index contributed by atoms with van der Waals surface area (Å²) in [5.41, 5.74) is 1.67. The molecule has 136 valence electrons. The summed E-state index contributed by atoms with van der Waals surface area (Å²) >= 11 is 0. The lowest BCUT2D eigenvalue weighted by Gasteiger charge is -2.29. The van der Waals surface area contributed by atoms with Crippen LogP contribution in [0.2, 0.25) is 0 Å². The van der Waals surface area contributed by atoms with Gasteiger partial charge in [-0.25, -0.2) is 4.79 Å². The molecule has 0 spiro atoms. The van der Waals surface area contributed by atoms with Gasteiger partial charge >= 0.3 is 5.97 Å². The molecule has 0 radical (unpaired) electrons. The first-order valence-corrected chi connectivity index (χ1v) is 8.91. The Labute approximate surface area is 148 Å². The standard InChI is InChI=1S/C20H26O5/c1-4-20(5-2)24-17-12-15(19(21)22-3)11-16(18(17)25-20)23-13-14-9-7-6-8-10-14/h6-11,16-18H,4-5,12-13H2,1-3H3/t16-,17+,18-/m0/s1. The van der Waals surface area contributed by atoms with Crippen molar-refractivity contribution in [3.05, 3.63) is 47.5 Å². The van der Waals surface area contributed by atoms with Gasteiger partial charge in [-0.2, -0.15) is 0 Å². The molecule has 1 aromatic rings. The molecule has 1 saturated heterocycles. The van der Waals surface area contributed by atoms with Gasteiger partial charge in [0.1, 0.15) is 12.2 Å². The van der Waals surface area contributed by atoms with Crippen LogP contribution in [0.15, 0.2) is 42.0 Å². The van der Waals surface area contributed by atoms with Crippen LogP contribution in [0.1, 0.15) is 38.7 Å². The van der Waals surface area contributed by atoms with Crippen LogP contribution in [0.3, 0.4) is 0 Å².